The Bertz CT molecular complexity index is 602. The fourth-order valence-electron chi connectivity index (χ4n) is 5.34. The van der Waals surface area contributed by atoms with Crippen molar-refractivity contribution >= 4 is 5.97 Å². The molecular weight excluding hydrogens is 292 g/mol. The molecule has 6 atom stereocenters. The van der Waals surface area contributed by atoms with E-state index < -0.39 is 0 Å². The Kier molecular flexibility index (Phi) is 3.15. The van der Waals surface area contributed by atoms with Crippen LogP contribution in [0, 0.1) is 10.8 Å². The van der Waals surface area contributed by atoms with Crippen LogP contribution in [0.2, 0.25) is 0 Å². The van der Waals surface area contributed by atoms with E-state index >= 15 is 0 Å². The van der Waals surface area contributed by atoms with Crippen molar-refractivity contribution in [1.82, 2.24) is 0 Å². The number of rotatable bonds is 2. The van der Waals surface area contributed by atoms with Crippen molar-refractivity contribution in [2.24, 2.45) is 10.8 Å². The van der Waals surface area contributed by atoms with Gasteiger partial charge in [-0.3, -0.25) is 0 Å². The molecule has 1 unspecified atom stereocenters. The van der Waals surface area contributed by atoms with E-state index in [0.717, 1.165) is 25.9 Å². The minimum absolute atomic E-state index is 0.0242. The number of carbonyl (C=O) groups excluding carboxylic acids is 1. The molecule has 2 aliphatic carbocycles. The van der Waals surface area contributed by atoms with Gasteiger partial charge in [0.1, 0.15) is 11.7 Å². The molecule has 0 amide bonds. The SMILES string of the molecule is C/C=C\C(=O)O[C@@H]1C[C@H]2O[C@@H]3C=C(C)CC[C@]3(C)[C@]1(C)C21CO1. The highest BCUT2D eigenvalue weighted by Gasteiger charge is 2.81. The molecule has 1 saturated carbocycles. The van der Waals surface area contributed by atoms with Gasteiger partial charge < -0.3 is 14.2 Å². The van der Waals surface area contributed by atoms with E-state index in [1.807, 2.05) is 6.92 Å². The molecule has 2 bridgehead atoms. The van der Waals surface area contributed by atoms with Gasteiger partial charge >= 0.3 is 5.97 Å². The van der Waals surface area contributed by atoms with Gasteiger partial charge in [-0.25, -0.2) is 4.79 Å². The first-order chi connectivity index (χ1) is 10.9. The molecule has 0 N–H and O–H groups in total. The van der Waals surface area contributed by atoms with Crippen LogP contribution in [0.5, 0.6) is 0 Å². The normalized spacial score (nSPS) is 50.8. The van der Waals surface area contributed by atoms with Crippen molar-refractivity contribution in [3.8, 4) is 0 Å². The fraction of sp³-hybridized carbons (Fsp3) is 0.737. The van der Waals surface area contributed by atoms with Crippen molar-refractivity contribution in [2.75, 3.05) is 6.61 Å². The maximum Gasteiger partial charge on any atom is 0.330 e. The second-order valence-electron chi connectivity index (χ2n) is 8.02. The van der Waals surface area contributed by atoms with Crippen LogP contribution in [-0.2, 0) is 19.0 Å². The maximum absolute atomic E-state index is 12.1. The largest absolute Gasteiger partial charge is 0.458 e. The summed E-state index contributed by atoms with van der Waals surface area (Å²) in [4.78, 5) is 12.1. The van der Waals surface area contributed by atoms with Crippen molar-refractivity contribution in [1.29, 1.82) is 0 Å². The third-order valence-corrected chi connectivity index (χ3v) is 7.09. The van der Waals surface area contributed by atoms with Crippen LogP contribution in [0.3, 0.4) is 0 Å². The zero-order valence-electron chi connectivity index (χ0n) is 14.4. The van der Waals surface area contributed by atoms with E-state index in [-0.39, 0.29) is 40.7 Å². The zero-order chi connectivity index (χ0) is 16.5. The molecule has 2 saturated heterocycles. The molecular formula is C19H26O4. The number of esters is 1. The molecule has 0 aromatic heterocycles. The molecule has 0 radical (unpaired) electrons. The molecule has 1 spiro atoms. The number of allylic oxidation sites excluding steroid dienone is 2. The Labute approximate surface area is 137 Å². The lowest BCUT2D eigenvalue weighted by Gasteiger charge is -2.57. The van der Waals surface area contributed by atoms with E-state index in [1.54, 1.807) is 6.08 Å². The standard InChI is InChI=1S/C19H26O4/c1-5-6-16(20)23-14-10-15-19(11-21-19)18(14,4)17(3)8-7-12(2)9-13(17)22-15/h5-6,9,13-15H,7-8,10-11H2,1-4H3/b6-5-/t13-,14-,15-,17+,18-,19?/m1/s1. The number of carbonyl (C=O) groups is 1. The topological polar surface area (TPSA) is 48.1 Å². The molecule has 0 aromatic rings. The number of hydrogen-bond donors (Lipinski definition) is 0. The van der Waals surface area contributed by atoms with Crippen LogP contribution in [-0.4, -0.2) is 36.5 Å². The van der Waals surface area contributed by atoms with Gasteiger partial charge in [0, 0.05) is 23.3 Å². The van der Waals surface area contributed by atoms with E-state index in [4.69, 9.17) is 14.2 Å². The highest BCUT2D eigenvalue weighted by molar-refractivity contribution is 5.82. The number of fused-ring (bicyclic) bond motifs is 2. The number of ether oxygens (including phenoxy) is 3. The highest BCUT2D eigenvalue weighted by atomic mass is 16.6. The Hall–Kier alpha value is -1.13. The molecule has 2 aliphatic heterocycles. The van der Waals surface area contributed by atoms with Gasteiger partial charge in [0.25, 0.3) is 0 Å². The summed E-state index contributed by atoms with van der Waals surface area (Å²) in [6.45, 7) is 9.28. The van der Waals surface area contributed by atoms with Crippen LogP contribution in [0.1, 0.15) is 47.0 Å². The van der Waals surface area contributed by atoms with E-state index in [1.165, 1.54) is 11.6 Å². The van der Waals surface area contributed by atoms with Gasteiger partial charge in [0.15, 0.2) is 0 Å². The van der Waals surface area contributed by atoms with Crippen molar-refractivity contribution < 1.29 is 19.0 Å². The molecule has 4 rings (SSSR count). The number of epoxide rings is 1. The van der Waals surface area contributed by atoms with E-state index in [2.05, 4.69) is 26.8 Å². The molecule has 3 fully saturated rings. The van der Waals surface area contributed by atoms with Crippen molar-refractivity contribution in [3.63, 3.8) is 0 Å². The predicted octanol–water partition coefficient (Wildman–Crippen LogP) is 3.17. The van der Waals surface area contributed by atoms with Crippen molar-refractivity contribution in [3.05, 3.63) is 23.8 Å². The average Bonchev–Trinajstić information content (AvgIpc) is 3.26. The molecule has 0 aromatic carbocycles. The molecule has 4 aliphatic rings. The second-order valence-corrected chi connectivity index (χ2v) is 8.02. The minimum Gasteiger partial charge on any atom is -0.458 e. The smallest absolute Gasteiger partial charge is 0.330 e. The molecule has 4 heteroatoms. The van der Waals surface area contributed by atoms with Crippen LogP contribution >= 0.6 is 0 Å². The van der Waals surface area contributed by atoms with Crippen LogP contribution in [0.15, 0.2) is 23.8 Å². The lowest BCUT2D eigenvalue weighted by atomic mass is 9.52. The molecule has 126 valence electrons. The monoisotopic (exact) mass is 318 g/mol. The lowest BCUT2D eigenvalue weighted by Crippen LogP contribution is -2.63. The predicted molar refractivity (Wildman–Crippen MR) is 85.9 cm³/mol. The summed E-state index contributed by atoms with van der Waals surface area (Å²) in [5.41, 5.74) is 0.850. The first-order valence-corrected chi connectivity index (χ1v) is 8.67. The molecule has 2 heterocycles. The minimum atomic E-state index is -0.266. The number of hydrogen-bond acceptors (Lipinski definition) is 4. The third kappa shape index (κ3) is 1.77. The van der Waals surface area contributed by atoms with Gasteiger partial charge in [-0.15, -0.1) is 0 Å². The van der Waals surface area contributed by atoms with Crippen LogP contribution in [0.25, 0.3) is 0 Å². The Morgan fingerprint density at radius 2 is 2.17 bits per heavy atom. The van der Waals surface area contributed by atoms with Crippen LogP contribution < -0.4 is 0 Å². The molecule has 23 heavy (non-hydrogen) atoms. The first-order valence-electron chi connectivity index (χ1n) is 8.67. The summed E-state index contributed by atoms with van der Waals surface area (Å²) < 4.78 is 18.3. The zero-order valence-corrected chi connectivity index (χ0v) is 14.4. The summed E-state index contributed by atoms with van der Waals surface area (Å²) in [5, 5.41) is 0. The third-order valence-electron chi connectivity index (χ3n) is 7.09. The summed E-state index contributed by atoms with van der Waals surface area (Å²) >= 11 is 0. The first kappa shape index (κ1) is 15.4. The lowest BCUT2D eigenvalue weighted by molar-refractivity contribution is -0.209. The van der Waals surface area contributed by atoms with Gasteiger partial charge in [0.05, 0.1) is 18.8 Å². The van der Waals surface area contributed by atoms with Crippen LogP contribution in [0.4, 0.5) is 0 Å². The fourth-order valence-corrected chi connectivity index (χ4v) is 5.34. The Morgan fingerprint density at radius 3 is 2.83 bits per heavy atom. The summed E-state index contributed by atoms with van der Waals surface area (Å²) in [6.07, 6.45) is 8.32. The van der Waals surface area contributed by atoms with Gasteiger partial charge in [-0.1, -0.05) is 31.6 Å². The van der Waals surface area contributed by atoms with E-state index in [9.17, 15) is 4.79 Å². The quantitative estimate of drug-likeness (QED) is 0.340. The van der Waals surface area contributed by atoms with E-state index in [0.29, 0.717) is 0 Å². The molecule has 4 nitrogen and oxygen atoms in total. The Balaban J connectivity index is 1.75. The van der Waals surface area contributed by atoms with Gasteiger partial charge in [-0.05, 0) is 26.7 Å². The van der Waals surface area contributed by atoms with Gasteiger partial charge in [0.2, 0.25) is 0 Å². The van der Waals surface area contributed by atoms with Crippen molar-refractivity contribution in [2.45, 2.75) is 70.9 Å². The summed E-state index contributed by atoms with van der Waals surface area (Å²) in [7, 11) is 0. The summed E-state index contributed by atoms with van der Waals surface area (Å²) in [6, 6.07) is 0. The second kappa shape index (κ2) is 4.70. The average molecular weight is 318 g/mol. The summed E-state index contributed by atoms with van der Waals surface area (Å²) in [5.74, 6) is -0.259. The Morgan fingerprint density at radius 1 is 1.43 bits per heavy atom. The maximum atomic E-state index is 12.1. The van der Waals surface area contributed by atoms with Gasteiger partial charge in [-0.2, -0.15) is 0 Å². The highest BCUT2D eigenvalue weighted by Crippen LogP contribution is 2.71.